The van der Waals surface area contributed by atoms with Crippen molar-refractivity contribution >= 4 is 5.97 Å². The van der Waals surface area contributed by atoms with E-state index in [1.807, 2.05) is 48.5 Å². The van der Waals surface area contributed by atoms with E-state index in [1.165, 1.54) is 0 Å². The van der Waals surface area contributed by atoms with E-state index < -0.39 is 5.97 Å². The third-order valence-electron chi connectivity index (χ3n) is 3.84. The van der Waals surface area contributed by atoms with Gasteiger partial charge < -0.3 is 14.6 Å². The number of rotatable bonds is 5. The minimum Gasteiger partial charge on any atom is -0.497 e. The van der Waals surface area contributed by atoms with Crippen molar-refractivity contribution in [1.29, 1.82) is 0 Å². The predicted octanol–water partition coefficient (Wildman–Crippen LogP) is 4.13. The summed E-state index contributed by atoms with van der Waals surface area (Å²) < 4.78 is 10.3. The van der Waals surface area contributed by atoms with Gasteiger partial charge in [-0.15, -0.1) is 0 Å². The molecule has 1 N–H and O–H groups in total. The second-order valence-electron chi connectivity index (χ2n) is 5.39. The molecule has 3 aromatic rings. The normalized spacial score (nSPS) is 10.3. The first kappa shape index (κ1) is 16.5. The van der Waals surface area contributed by atoms with Gasteiger partial charge in [0.2, 0.25) is 0 Å². The molecule has 0 unspecified atom stereocenters. The van der Waals surface area contributed by atoms with Gasteiger partial charge in [0, 0.05) is 11.1 Å². The number of aromatic nitrogens is 1. The summed E-state index contributed by atoms with van der Waals surface area (Å²) in [6.45, 7) is 0. The number of hydrogen-bond donors (Lipinski definition) is 1. The minimum absolute atomic E-state index is 0.187. The summed E-state index contributed by atoms with van der Waals surface area (Å²) in [5, 5.41) is 9.42. The second kappa shape index (κ2) is 7.05. The molecule has 0 aliphatic rings. The van der Waals surface area contributed by atoms with Crippen LogP contribution in [0, 0.1) is 0 Å². The van der Waals surface area contributed by atoms with E-state index >= 15 is 0 Å². The van der Waals surface area contributed by atoms with Gasteiger partial charge in [-0.3, -0.25) is 0 Å². The monoisotopic (exact) mass is 335 g/mol. The van der Waals surface area contributed by atoms with Crippen molar-refractivity contribution < 1.29 is 19.4 Å². The molecule has 1 aromatic heterocycles. The van der Waals surface area contributed by atoms with Crippen molar-refractivity contribution in [2.24, 2.45) is 0 Å². The molecular weight excluding hydrogens is 318 g/mol. The van der Waals surface area contributed by atoms with Crippen LogP contribution in [0.3, 0.4) is 0 Å². The summed E-state index contributed by atoms with van der Waals surface area (Å²) in [4.78, 5) is 16.1. The van der Waals surface area contributed by atoms with E-state index in [0.29, 0.717) is 11.4 Å². The van der Waals surface area contributed by atoms with E-state index in [1.54, 1.807) is 26.4 Å². The van der Waals surface area contributed by atoms with Crippen molar-refractivity contribution in [3.8, 4) is 34.0 Å². The number of aromatic carboxylic acids is 1. The summed E-state index contributed by atoms with van der Waals surface area (Å²) in [5.41, 5.74) is 3.01. The SMILES string of the molecule is COc1ccc(-c2cc(C(=O)O)cc(-c3ccc(OC)cc3)n2)cc1. The van der Waals surface area contributed by atoms with Crippen LogP contribution in [0.5, 0.6) is 11.5 Å². The Morgan fingerprint density at radius 2 is 1.20 bits per heavy atom. The van der Waals surface area contributed by atoms with Crippen molar-refractivity contribution in [2.75, 3.05) is 14.2 Å². The van der Waals surface area contributed by atoms with Gasteiger partial charge in [-0.2, -0.15) is 0 Å². The molecule has 5 nitrogen and oxygen atoms in total. The number of carbonyl (C=O) groups is 1. The molecule has 3 rings (SSSR count). The first-order valence-electron chi connectivity index (χ1n) is 7.65. The topological polar surface area (TPSA) is 68.7 Å². The lowest BCUT2D eigenvalue weighted by molar-refractivity contribution is 0.0697. The predicted molar refractivity (Wildman–Crippen MR) is 95.2 cm³/mol. The van der Waals surface area contributed by atoms with Crippen LogP contribution in [0.1, 0.15) is 10.4 Å². The zero-order valence-corrected chi connectivity index (χ0v) is 13.9. The zero-order valence-electron chi connectivity index (χ0n) is 13.9. The largest absolute Gasteiger partial charge is 0.497 e. The Hall–Kier alpha value is -3.34. The molecule has 5 heteroatoms. The Labute approximate surface area is 145 Å². The number of methoxy groups -OCH3 is 2. The van der Waals surface area contributed by atoms with Gasteiger partial charge in [0.25, 0.3) is 0 Å². The molecule has 0 aliphatic heterocycles. The molecule has 0 atom stereocenters. The van der Waals surface area contributed by atoms with E-state index in [9.17, 15) is 9.90 Å². The highest BCUT2D eigenvalue weighted by molar-refractivity contribution is 5.90. The zero-order chi connectivity index (χ0) is 17.8. The number of ether oxygens (including phenoxy) is 2. The van der Waals surface area contributed by atoms with E-state index in [4.69, 9.17) is 9.47 Å². The Morgan fingerprint density at radius 1 is 0.800 bits per heavy atom. The molecule has 0 radical (unpaired) electrons. The molecule has 0 saturated heterocycles. The van der Waals surface area contributed by atoms with E-state index in [0.717, 1.165) is 22.6 Å². The van der Waals surface area contributed by atoms with Crippen LogP contribution in [-0.2, 0) is 0 Å². The molecule has 0 fully saturated rings. The number of benzene rings is 2. The van der Waals surface area contributed by atoms with Crippen LogP contribution in [0.2, 0.25) is 0 Å². The van der Waals surface area contributed by atoms with E-state index in [-0.39, 0.29) is 5.56 Å². The van der Waals surface area contributed by atoms with Crippen molar-refractivity contribution in [3.63, 3.8) is 0 Å². The van der Waals surface area contributed by atoms with Crippen molar-refractivity contribution in [2.45, 2.75) is 0 Å². The maximum absolute atomic E-state index is 11.5. The molecule has 1 heterocycles. The Morgan fingerprint density at radius 3 is 1.52 bits per heavy atom. The summed E-state index contributed by atoms with van der Waals surface area (Å²) in [6.07, 6.45) is 0. The maximum Gasteiger partial charge on any atom is 0.335 e. The molecule has 0 bridgehead atoms. The molecule has 126 valence electrons. The maximum atomic E-state index is 11.5. The molecule has 0 saturated carbocycles. The Balaban J connectivity index is 2.08. The van der Waals surface area contributed by atoms with Crippen LogP contribution in [0.25, 0.3) is 22.5 Å². The smallest absolute Gasteiger partial charge is 0.335 e. The minimum atomic E-state index is -0.994. The van der Waals surface area contributed by atoms with Gasteiger partial charge in [-0.25, -0.2) is 9.78 Å². The lowest BCUT2D eigenvalue weighted by Crippen LogP contribution is -2.00. The van der Waals surface area contributed by atoms with Crippen LogP contribution in [0.4, 0.5) is 0 Å². The molecule has 2 aromatic carbocycles. The first-order chi connectivity index (χ1) is 12.1. The van der Waals surface area contributed by atoms with Gasteiger partial charge in [0.05, 0.1) is 31.2 Å². The second-order valence-corrected chi connectivity index (χ2v) is 5.39. The van der Waals surface area contributed by atoms with Crippen molar-refractivity contribution in [3.05, 3.63) is 66.2 Å². The first-order valence-corrected chi connectivity index (χ1v) is 7.65. The van der Waals surface area contributed by atoms with Crippen LogP contribution < -0.4 is 9.47 Å². The number of hydrogen-bond acceptors (Lipinski definition) is 4. The number of nitrogens with zero attached hydrogens (tertiary/aromatic N) is 1. The van der Waals surface area contributed by atoms with Gasteiger partial charge in [0.1, 0.15) is 11.5 Å². The Kier molecular flexibility index (Phi) is 4.66. The highest BCUT2D eigenvalue weighted by Gasteiger charge is 2.11. The fraction of sp³-hybridized carbons (Fsp3) is 0.100. The van der Waals surface area contributed by atoms with Crippen LogP contribution >= 0.6 is 0 Å². The number of carboxylic acids is 1. The fourth-order valence-electron chi connectivity index (χ4n) is 2.47. The van der Waals surface area contributed by atoms with Gasteiger partial charge in [0.15, 0.2) is 0 Å². The highest BCUT2D eigenvalue weighted by atomic mass is 16.5. The number of carboxylic acid groups (broad SMARTS) is 1. The molecular formula is C20H17NO4. The van der Waals surface area contributed by atoms with E-state index in [2.05, 4.69) is 4.98 Å². The standard InChI is InChI=1S/C20H17NO4/c1-24-16-7-3-13(4-8-16)18-11-15(20(22)23)12-19(21-18)14-5-9-17(25-2)10-6-14/h3-12H,1-2H3,(H,22,23). The average molecular weight is 335 g/mol. The van der Waals surface area contributed by atoms with Gasteiger partial charge in [-0.05, 0) is 60.7 Å². The number of pyridine rings is 1. The summed E-state index contributed by atoms with van der Waals surface area (Å²) in [5.74, 6) is 0.467. The lowest BCUT2D eigenvalue weighted by Gasteiger charge is -2.09. The van der Waals surface area contributed by atoms with Gasteiger partial charge in [-0.1, -0.05) is 0 Å². The molecule has 0 aliphatic carbocycles. The molecule has 0 amide bonds. The quantitative estimate of drug-likeness (QED) is 0.759. The molecule has 0 spiro atoms. The average Bonchev–Trinajstić information content (AvgIpc) is 2.67. The summed E-state index contributed by atoms with van der Waals surface area (Å²) >= 11 is 0. The molecule has 25 heavy (non-hydrogen) atoms. The van der Waals surface area contributed by atoms with Crippen LogP contribution in [0.15, 0.2) is 60.7 Å². The van der Waals surface area contributed by atoms with Crippen LogP contribution in [-0.4, -0.2) is 30.3 Å². The lowest BCUT2D eigenvalue weighted by atomic mass is 10.0. The third kappa shape index (κ3) is 3.61. The summed E-state index contributed by atoms with van der Waals surface area (Å²) in [6, 6.07) is 17.8. The third-order valence-corrected chi connectivity index (χ3v) is 3.84. The van der Waals surface area contributed by atoms with Crippen molar-refractivity contribution in [1.82, 2.24) is 4.98 Å². The summed E-state index contributed by atoms with van der Waals surface area (Å²) in [7, 11) is 3.19. The van der Waals surface area contributed by atoms with Gasteiger partial charge >= 0.3 is 5.97 Å². The fourth-order valence-corrected chi connectivity index (χ4v) is 2.47. The highest BCUT2D eigenvalue weighted by Crippen LogP contribution is 2.27. The Bertz CT molecular complexity index is 821.